The van der Waals surface area contributed by atoms with Crippen molar-refractivity contribution in [2.45, 2.75) is 36.7 Å². The third kappa shape index (κ3) is 5.03. The molecule has 0 radical (unpaired) electrons. The van der Waals surface area contributed by atoms with E-state index in [4.69, 9.17) is 0 Å². The van der Waals surface area contributed by atoms with Crippen molar-refractivity contribution in [1.82, 2.24) is 24.8 Å². The van der Waals surface area contributed by atoms with Crippen molar-refractivity contribution < 1.29 is 9.59 Å². The van der Waals surface area contributed by atoms with Crippen molar-refractivity contribution in [3.63, 3.8) is 0 Å². The van der Waals surface area contributed by atoms with E-state index in [2.05, 4.69) is 66.1 Å². The molecule has 0 aliphatic carbocycles. The fourth-order valence-corrected chi connectivity index (χ4v) is 7.46. The number of anilines is 1. The summed E-state index contributed by atoms with van der Waals surface area (Å²) < 4.78 is 0.962. The summed E-state index contributed by atoms with van der Waals surface area (Å²) in [6.45, 7) is 5.21. The van der Waals surface area contributed by atoms with Gasteiger partial charge in [0, 0.05) is 41.1 Å². The minimum absolute atomic E-state index is 0.0841. The van der Waals surface area contributed by atoms with E-state index in [1.54, 1.807) is 29.7 Å². The van der Waals surface area contributed by atoms with E-state index < -0.39 is 0 Å². The summed E-state index contributed by atoms with van der Waals surface area (Å²) in [6, 6.07) is 7.43. The van der Waals surface area contributed by atoms with Crippen molar-refractivity contribution in [3.8, 4) is 11.4 Å². The first kappa shape index (κ1) is 26.2. The zero-order valence-corrected chi connectivity index (χ0v) is 24.5. The van der Waals surface area contributed by atoms with Crippen molar-refractivity contribution in [2.24, 2.45) is 0 Å². The molecular weight excluding hydrogens is 627 g/mol. The van der Waals surface area contributed by atoms with Gasteiger partial charge in [-0.05, 0) is 68.1 Å². The number of nitrogens with zero attached hydrogens (tertiary/aromatic N) is 3. The summed E-state index contributed by atoms with van der Waals surface area (Å²) in [5.74, 6) is -0.172. The summed E-state index contributed by atoms with van der Waals surface area (Å²) in [5.41, 5.74) is 4.02. The normalized spacial score (nSPS) is 16.4. The number of amides is 2. The number of likely N-dealkylation sites (tertiary alicyclic amines) is 1. The van der Waals surface area contributed by atoms with E-state index in [0.29, 0.717) is 52.3 Å². The molecular formula is C28H29IN6O3S. The zero-order chi connectivity index (χ0) is 27.1. The van der Waals surface area contributed by atoms with Crippen LogP contribution in [0.15, 0.2) is 40.6 Å². The lowest BCUT2D eigenvalue weighted by Gasteiger charge is -2.19. The van der Waals surface area contributed by atoms with E-state index in [0.717, 1.165) is 36.8 Å². The van der Waals surface area contributed by atoms with Gasteiger partial charge in [-0.1, -0.05) is 22.6 Å². The fraction of sp³-hybridized carbons (Fsp3) is 0.357. The lowest BCUT2D eigenvalue weighted by molar-refractivity contribution is 0.0640. The molecule has 5 heterocycles. The number of hydrogen-bond donors (Lipinski definition) is 3. The average Bonchev–Trinajstić information content (AvgIpc) is 3.71. The lowest BCUT2D eigenvalue weighted by Crippen LogP contribution is -2.37. The molecule has 9 nitrogen and oxygen atoms in total. The highest BCUT2D eigenvalue weighted by molar-refractivity contribution is 14.1. The number of aromatic amines is 2. The van der Waals surface area contributed by atoms with Gasteiger partial charge in [-0.2, -0.15) is 0 Å². The maximum absolute atomic E-state index is 13.1. The second-order valence-corrected chi connectivity index (χ2v) is 11.9. The molecule has 1 saturated heterocycles. The first-order valence-corrected chi connectivity index (χ1v) is 15.6. The van der Waals surface area contributed by atoms with Crippen LogP contribution in [0.5, 0.6) is 0 Å². The Kier molecular flexibility index (Phi) is 7.29. The molecule has 202 valence electrons. The number of fused-ring (bicyclic) bond motifs is 2. The molecule has 2 aliphatic rings. The Morgan fingerprint density at radius 3 is 2.64 bits per heavy atom. The molecule has 1 aromatic carbocycles. The number of imidazole rings is 1. The summed E-state index contributed by atoms with van der Waals surface area (Å²) in [4.78, 5) is 54.8. The molecule has 0 bridgehead atoms. The molecule has 11 heteroatoms. The van der Waals surface area contributed by atoms with E-state index in [9.17, 15) is 14.4 Å². The lowest BCUT2D eigenvalue weighted by atomic mass is 10.1. The Morgan fingerprint density at radius 1 is 1.10 bits per heavy atom. The highest BCUT2D eigenvalue weighted by Crippen LogP contribution is 2.31. The molecule has 2 amide bonds. The Balaban J connectivity index is 1.26. The second kappa shape index (κ2) is 10.9. The molecule has 39 heavy (non-hydrogen) atoms. The number of halogens is 1. The molecule has 1 atom stereocenters. The van der Waals surface area contributed by atoms with Crippen molar-refractivity contribution >= 4 is 62.5 Å². The molecule has 1 fully saturated rings. The fourth-order valence-electron chi connectivity index (χ4n) is 5.46. The Hall–Kier alpha value is -3.03. The van der Waals surface area contributed by atoms with Crippen LogP contribution in [0.2, 0.25) is 0 Å². The monoisotopic (exact) mass is 656 g/mol. The topological polar surface area (TPSA) is 114 Å². The van der Waals surface area contributed by atoms with Crippen LogP contribution in [-0.2, 0) is 10.8 Å². The number of carbonyl (C=O) groups excluding carboxylic acids is 2. The predicted octanol–water partition coefficient (Wildman–Crippen LogP) is 4.65. The van der Waals surface area contributed by atoms with Gasteiger partial charge in [0.25, 0.3) is 17.4 Å². The average molecular weight is 657 g/mol. The molecule has 0 unspecified atom stereocenters. The van der Waals surface area contributed by atoms with Crippen LogP contribution in [0.3, 0.4) is 0 Å². The standard InChI is InChI=1S/C28H29IN6O3S/c1-16(12-23-17(15-29)5-11-39-23)31-20-4-6-30-26(36)24(20)25-32-21-13-18-19(14-22(21)33-25)28(38)35(27(18)37)10-9-34-7-2-3-8-34/h4-6,11,13-14,16H,2-3,7-10,12,15H2,1H3,(H,32,33)(H2,30,31,36)/t16-/m0/s1. The number of carbonyl (C=O) groups is 2. The third-order valence-electron chi connectivity index (χ3n) is 7.48. The maximum atomic E-state index is 13.1. The van der Waals surface area contributed by atoms with Crippen LogP contribution in [0.25, 0.3) is 22.4 Å². The van der Waals surface area contributed by atoms with Gasteiger partial charge >= 0.3 is 0 Å². The molecule has 3 N–H and O–H groups in total. The Bertz CT molecular complexity index is 1570. The first-order valence-electron chi connectivity index (χ1n) is 13.1. The number of benzene rings is 1. The number of aromatic nitrogens is 3. The number of H-pyrrole nitrogens is 2. The van der Waals surface area contributed by atoms with Crippen LogP contribution in [0.4, 0.5) is 5.69 Å². The van der Waals surface area contributed by atoms with Gasteiger partial charge in [-0.15, -0.1) is 11.3 Å². The van der Waals surface area contributed by atoms with Gasteiger partial charge in [0.15, 0.2) is 0 Å². The molecule has 2 aliphatic heterocycles. The molecule has 0 spiro atoms. The molecule has 4 aromatic rings. The number of imide groups is 1. The summed E-state index contributed by atoms with van der Waals surface area (Å²) in [6.07, 6.45) is 4.78. The number of alkyl halides is 1. The smallest absolute Gasteiger partial charge is 0.261 e. The summed E-state index contributed by atoms with van der Waals surface area (Å²) in [7, 11) is 0. The first-order chi connectivity index (χ1) is 18.9. The van der Waals surface area contributed by atoms with Crippen molar-refractivity contribution in [1.29, 1.82) is 0 Å². The Morgan fingerprint density at radius 2 is 1.87 bits per heavy atom. The van der Waals surface area contributed by atoms with Crippen LogP contribution in [-0.4, -0.2) is 68.8 Å². The van der Waals surface area contributed by atoms with E-state index in [1.807, 2.05) is 6.07 Å². The largest absolute Gasteiger partial charge is 0.381 e. The van der Waals surface area contributed by atoms with Gasteiger partial charge < -0.3 is 20.2 Å². The SMILES string of the molecule is C[C@@H](Cc1sccc1CI)Nc1cc[nH]c(=O)c1-c1nc2cc3c(cc2[nH]1)C(=O)N(CCN1CCCC1)C3=O. The van der Waals surface area contributed by atoms with E-state index in [-0.39, 0.29) is 23.4 Å². The summed E-state index contributed by atoms with van der Waals surface area (Å²) in [5, 5.41) is 5.61. The second-order valence-electron chi connectivity index (χ2n) is 10.2. The minimum Gasteiger partial charge on any atom is -0.381 e. The number of thiophene rings is 1. The number of pyridine rings is 1. The highest BCUT2D eigenvalue weighted by Gasteiger charge is 2.36. The quantitative estimate of drug-likeness (QED) is 0.137. The number of rotatable bonds is 9. The number of nitrogens with one attached hydrogen (secondary N) is 3. The maximum Gasteiger partial charge on any atom is 0.261 e. The third-order valence-corrected chi connectivity index (χ3v) is 9.29. The van der Waals surface area contributed by atoms with Crippen LogP contribution < -0.4 is 10.9 Å². The van der Waals surface area contributed by atoms with Crippen LogP contribution in [0, 0.1) is 0 Å². The van der Waals surface area contributed by atoms with Gasteiger partial charge in [0.1, 0.15) is 11.4 Å². The van der Waals surface area contributed by atoms with Gasteiger partial charge in [-0.3, -0.25) is 19.3 Å². The van der Waals surface area contributed by atoms with E-state index in [1.165, 1.54) is 15.3 Å². The van der Waals surface area contributed by atoms with Crippen LogP contribution >= 0.6 is 33.9 Å². The molecule has 0 saturated carbocycles. The summed E-state index contributed by atoms with van der Waals surface area (Å²) >= 11 is 4.13. The van der Waals surface area contributed by atoms with Crippen molar-refractivity contribution in [2.75, 3.05) is 31.5 Å². The van der Waals surface area contributed by atoms with Gasteiger partial charge in [-0.25, -0.2) is 4.98 Å². The molecule has 3 aromatic heterocycles. The van der Waals surface area contributed by atoms with Gasteiger partial charge in [0.2, 0.25) is 0 Å². The van der Waals surface area contributed by atoms with E-state index >= 15 is 0 Å². The van der Waals surface area contributed by atoms with Gasteiger partial charge in [0.05, 0.1) is 27.8 Å². The number of hydrogen-bond acceptors (Lipinski definition) is 7. The zero-order valence-electron chi connectivity index (χ0n) is 21.6. The Labute approximate surface area is 243 Å². The predicted molar refractivity (Wildman–Crippen MR) is 162 cm³/mol. The molecule has 6 rings (SSSR count). The minimum atomic E-state index is -0.283. The van der Waals surface area contributed by atoms with Crippen LogP contribution in [0.1, 0.15) is 50.9 Å². The highest BCUT2D eigenvalue weighted by atomic mass is 127. The van der Waals surface area contributed by atoms with Crippen molar-refractivity contribution in [3.05, 3.63) is 67.8 Å².